The van der Waals surface area contributed by atoms with Crippen molar-refractivity contribution in [3.63, 3.8) is 0 Å². The molecule has 0 N–H and O–H groups in total. The molecular weight excluding hydrogens is 144 g/mol. The molecule has 1 unspecified atom stereocenters. The van der Waals surface area contributed by atoms with Crippen molar-refractivity contribution >= 4 is 0 Å². The quantitative estimate of drug-likeness (QED) is 0.590. The van der Waals surface area contributed by atoms with E-state index in [9.17, 15) is 0 Å². The molecule has 12 heavy (non-hydrogen) atoms. The summed E-state index contributed by atoms with van der Waals surface area (Å²) in [7, 11) is 0. The van der Waals surface area contributed by atoms with Crippen molar-refractivity contribution in [3.05, 3.63) is 60.7 Å². The molecule has 0 spiro atoms. The van der Waals surface area contributed by atoms with Crippen molar-refractivity contribution in [1.82, 2.24) is 0 Å². The highest BCUT2D eigenvalue weighted by Crippen LogP contribution is 2.15. The first-order valence-electron chi connectivity index (χ1n) is 4.18. The molecule has 0 aromatic heterocycles. The first-order valence-corrected chi connectivity index (χ1v) is 4.18. The summed E-state index contributed by atoms with van der Waals surface area (Å²) in [4.78, 5) is 0. The Bertz CT molecular complexity index is 257. The van der Waals surface area contributed by atoms with Gasteiger partial charge in [0, 0.05) is 0 Å². The zero-order valence-electron chi connectivity index (χ0n) is 7.40. The third kappa shape index (κ3) is 2.39. The van der Waals surface area contributed by atoms with Gasteiger partial charge in [0.15, 0.2) is 0 Å². The molecule has 0 heterocycles. The van der Waals surface area contributed by atoms with Crippen LogP contribution in [0.5, 0.6) is 0 Å². The van der Waals surface area contributed by atoms with Crippen LogP contribution >= 0.6 is 0 Å². The molecule has 0 fully saturated rings. The fourth-order valence-corrected chi connectivity index (χ4v) is 1.11. The van der Waals surface area contributed by atoms with Crippen LogP contribution in [0.4, 0.5) is 0 Å². The van der Waals surface area contributed by atoms with Gasteiger partial charge < -0.3 is 0 Å². The van der Waals surface area contributed by atoms with E-state index in [0.29, 0.717) is 5.92 Å². The maximum Gasteiger partial charge on any atom is -0.000732 e. The van der Waals surface area contributed by atoms with Gasteiger partial charge in [-0.15, -0.1) is 0 Å². The van der Waals surface area contributed by atoms with Gasteiger partial charge in [0.05, 0.1) is 0 Å². The second-order valence-electron chi connectivity index (χ2n) is 2.82. The molecule has 0 bridgehead atoms. The van der Waals surface area contributed by atoms with E-state index in [4.69, 9.17) is 0 Å². The summed E-state index contributed by atoms with van der Waals surface area (Å²) in [6, 6.07) is 10.4. The van der Waals surface area contributed by atoms with Crippen LogP contribution in [0, 0.1) is 0 Å². The highest BCUT2D eigenvalue weighted by atomic mass is 14.0. The van der Waals surface area contributed by atoms with Crippen molar-refractivity contribution in [2.24, 2.45) is 0 Å². The Labute approximate surface area is 74.2 Å². The molecular formula is C12H14. The molecule has 0 aliphatic carbocycles. The first-order chi connectivity index (χ1) is 5.84. The molecule has 0 aliphatic rings. The molecule has 0 radical (unpaired) electrons. The van der Waals surface area contributed by atoms with Crippen molar-refractivity contribution < 1.29 is 0 Å². The minimum absolute atomic E-state index is 0.476. The van der Waals surface area contributed by atoms with Crippen LogP contribution in [0.1, 0.15) is 18.4 Å². The van der Waals surface area contributed by atoms with Gasteiger partial charge in [-0.1, -0.05) is 62.1 Å². The third-order valence-electron chi connectivity index (χ3n) is 1.86. The van der Waals surface area contributed by atoms with Crippen molar-refractivity contribution in [3.8, 4) is 0 Å². The maximum atomic E-state index is 3.64. The van der Waals surface area contributed by atoms with E-state index in [0.717, 1.165) is 0 Å². The Kier molecular flexibility index (Phi) is 3.34. The third-order valence-corrected chi connectivity index (χ3v) is 1.86. The van der Waals surface area contributed by atoms with Gasteiger partial charge in [0.25, 0.3) is 0 Å². The van der Waals surface area contributed by atoms with Gasteiger partial charge in [-0.25, -0.2) is 0 Å². The van der Waals surface area contributed by atoms with E-state index in [2.05, 4.69) is 43.8 Å². The lowest BCUT2D eigenvalue weighted by Gasteiger charge is -2.04. The Morgan fingerprint density at radius 2 is 1.92 bits per heavy atom. The fourth-order valence-electron chi connectivity index (χ4n) is 1.11. The average Bonchev–Trinajstić information content (AvgIpc) is 2.15. The van der Waals surface area contributed by atoms with Crippen LogP contribution in [0.3, 0.4) is 0 Å². The zero-order chi connectivity index (χ0) is 8.81. The molecule has 0 amide bonds. The normalized spacial score (nSPS) is 13.1. The maximum absolute atomic E-state index is 3.64. The molecule has 0 nitrogen and oxygen atoms in total. The Hall–Kier alpha value is -1.30. The Balaban J connectivity index is 2.71. The second kappa shape index (κ2) is 4.55. The minimum atomic E-state index is 0.476. The summed E-state index contributed by atoms with van der Waals surface area (Å²) in [5.74, 6) is 0.476. The molecule has 1 rings (SSSR count). The van der Waals surface area contributed by atoms with Crippen LogP contribution in [-0.4, -0.2) is 0 Å². The largest absolute Gasteiger partial charge is 0.0991 e. The monoisotopic (exact) mass is 158 g/mol. The number of rotatable bonds is 3. The molecule has 62 valence electrons. The number of allylic oxidation sites excluding steroid dienone is 3. The van der Waals surface area contributed by atoms with Crippen LogP contribution in [0.15, 0.2) is 55.1 Å². The number of hydrogen-bond acceptors (Lipinski definition) is 0. The van der Waals surface area contributed by atoms with Crippen LogP contribution in [0.2, 0.25) is 0 Å². The van der Waals surface area contributed by atoms with E-state index < -0.39 is 0 Å². The molecule has 1 aromatic rings. The Morgan fingerprint density at radius 3 is 2.50 bits per heavy atom. The second-order valence-corrected chi connectivity index (χ2v) is 2.82. The molecule has 1 atom stereocenters. The summed E-state index contributed by atoms with van der Waals surface area (Å²) in [5, 5.41) is 0. The Morgan fingerprint density at radius 1 is 1.25 bits per heavy atom. The highest BCUT2D eigenvalue weighted by molar-refractivity contribution is 5.23. The molecule has 0 saturated carbocycles. The SMILES string of the molecule is C=CC=CC(C)c1ccccc1. The number of benzene rings is 1. The summed E-state index contributed by atoms with van der Waals surface area (Å²) in [5.41, 5.74) is 1.34. The van der Waals surface area contributed by atoms with Crippen molar-refractivity contribution in [2.45, 2.75) is 12.8 Å². The summed E-state index contributed by atoms with van der Waals surface area (Å²) < 4.78 is 0. The summed E-state index contributed by atoms with van der Waals surface area (Å²) >= 11 is 0. The standard InChI is InChI=1S/C12H14/c1-3-4-8-11(2)12-9-6-5-7-10-12/h3-11H,1H2,2H3. The molecule has 0 heteroatoms. The number of hydrogen-bond donors (Lipinski definition) is 0. The predicted molar refractivity (Wildman–Crippen MR) is 54.2 cm³/mol. The summed E-state index contributed by atoms with van der Waals surface area (Å²) in [6.07, 6.45) is 5.93. The van der Waals surface area contributed by atoms with E-state index in [-0.39, 0.29) is 0 Å². The van der Waals surface area contributed by atoms with Crippen LogP contribution in [0.25, 0.3) is 0 Å². The van der Waals surface area contributed by atoms with E-state index in [1.165, 1.54) is 5.56 Å². The van der Waals surface area contributed by atoms with Gasteiger partial charge >= 0.3 is 0 Å². The predicted octanol–water partition coefficient (Wildman–Crippen LogP) is 3.53. The van der Waals surface area contributed by atoms with Gasteiger partial charge in [-0.2, -0.15) is 0 Å². The molecule has 0 saturated heterocycles. The van der Waals surface area contributed by atoms with Gasteiger partial charge in [0.2, 0.25) is 0 Å². The lowest BCUT2D eigenvalue weighted by Crippen LogP contribution is -1.86. The van der Waals surface area contributed by atoms with E-state index >= 15 is 0 Å². The lowest BCUT2D eigenvalue weighted by atomic mass is 10.0. The average molecular weight is 158 g/mol. The van der Waals surface area contributed by atoms with Gasteiger partial charge in [0.1, 0.15) is 0 Å². The van der Waals surface area contributed by atoms with Gasteiger partial charge in [-0.3, -0.25) is 0 Å². The van der Waals surface area contributed by atoms with Crippen LogP contribution < -0.4 is 0 Å². The molecule has 1 aromatic carbocycles. The highest BCUT2D eigenvalue weighted by Gasteiger charge is 1.97. The van der Waals surface area contributed by atoms with E-state index in [1.807, 2.05) is 12.1 Å². The summed E-state index contributed by atoms with van der Waals surface area (Å²) in [6.45, 7) is 5.82. The minimum Gasteiger partial charge on any atom is -0.0991 e. The van der Waals surface area contributed by atoms with Crippen molar-refractivity contribution in [1.29, 1.82) is 0 Å². The first kappa shape index (κ1) is 8.79. The van der Waals surface area contributed by atoms with Gasteiger partial charge in [-0.05, 0) is 11.5 Å². The lowest BCUT2D eigenvalue weighted by molar-refractivity contribution is 0.968. The smallest absolute Gasteiger partial charge is 0.000732 e. The zero-order valence-corrected chi connectivity index (χ0v) is 7.40. The van der Waals surface area contributed by atoms with Crippen LogP contribution in [-0.2, 0) is 0 Å². The molecule has 0 aliphatic heterocycles. The topological polar surface area (TPSA) is 0 Å². The van der Waals surface area contributed by atoms with E-state index in [1.54, 1.807) is 6.08 Å². The van der Waals surface area contributed by atoms with Crippen molar-refractivity contribution in [2.75, 3.05) is 0 Å². The fraction of sp³-hybridized carbons (Fsp3) is 0.167.